The number of hydrogen-bond acceptors (Lipinski definition) is 5. The Labute approximate surface area is 144 Å². The zero-order valence-corrected chi connectivity index (χ0v) is 13.8. The number of anilines is 1. The lowest BCUT2D eigenvalue weighted by Gasteiger charge is -2.22. The number of halogens is 2. The second-order valence-corrected chi connectivity index (χ2v) is 5.63. The number of carbonyl (C=O) groups excluding carboxylic acids is 1. The van der Waals surface area contributed by atoms with E-state index in [1.807, 2.05) is 4.90 Å². The van der Waals surface area contributed by atoms with Crippen molar-refractivity contribution in [2.24, 2.45) is 0 Å². The molecule has 1 aliphatic rings. The smallest absolute Gasteiger partial charge is 0.259 e. The maximum absolute atomic E-state index is 13.9. The number of benzene rings is 1. The monoisotopic (exact) mass is 348 g/mol. The summed E-state index contributed by atoms with van der Waals surface area (Å²) in [6.07, 6.45) is 2.24. The number of hydrogen-bond donors (Lipinski definition) is 0. The van der Waals surface area contributed by atoms with Gasteiger partial charge in [0.1, 0.15) is 17.2 Å². The third-order valence-corrected chi connectivity index (χ3v) is 4.07. The lowest BCUT2D eigenvalue weighted by atomic mass is 10.1. The van der Waals surface area contributed by atoms with Crippen molar-refractivity contribution < 1.29 is 18.3 Å². The molecular weight excluding hydrogens is 330 g/mol. The fourth-order valence-electron chi connectivity index (χ4n) is 2.78. The second-order valence-electron chi connectivity index (χ2n) is 5.63. The molecule has 6 nitrogen and oxygen atoms in total. The van der Waals surface area contributed by atoms with Crippen molar-refractivity contribution in [1.82, 2.24) is 14.9 Å². The van der Waals surface area contributed by atoms with Crippen LogP contribution < -0.4 is 9.64 Å². The van der Waals surface area contributed by atoms with Gasteiger partial charge in [0.2, 0.25) is 11.8 Å². The minimum Gasteiger partial charge on any atom is -0.481 e. The predicted octanol–water partition coefficient (Wildman–Crippen LogP) is 2.12. The van der Waals surface area contributed by atoms with Gasteiger partial charge in [-0.2, -0.15) is 4.98 Å². The van der Waals surface area contributed by atoms with Crippen LogP contribution in [0.3, 0.4) is 0 Å². The summed E-state index contributed by atoms with van der Waals surface area (Å²) < 4.78 is 32.8. The molecule has 3 rings (SSSR count). The number of rotatable bonds is 3. The number of carbonyl (C=O) groups is 1. The van der Waals surface area contributed by atoms with Crippen LogP contribution in [0.25, 0.3) is 0 Å². The van der Waals surface area contributed by atoms with Crippen molar-refractivity contribution in [2.75, 3.05) is 38.2 Å². The highest BCUT2D eigenvalue weighted by molar-refractivity contribution is 5.94. The van der Waals surface area contributed by atoms with E-state index < -0.39 is 23.1 Å². The summed E-state index contributed by atoms with van der Waals surface area (Å²) in [5.41, 5.74) is -0.506. The molecule has 8 heteroatoms. The Morgan fingerprint density at radius 2 is 1.88 bits per heavy atom. The zero-order chi connectivity index (χ0) is 17.8. The molecule has 1 aliphatic heterocycles. The summed E-state index contributed by atoms with van der Waals surface area (Å²) in [7, 11) is 1.53. The van der Waals surface area contributed by atoms with Gasteiger partial charge in [-0.25, -0.2) is 13.8 Å². The van der Waals surface area contributed by atoms with E-state index in [4.69, 9.17) is 4.74 Å². The highest BCUT2D eigenvalue weighted by atomic mass is 19.1. The molecule has 0 atom stereocenters. The van der Waals surface area contributed by atoms with Crippen molar-refractivity contribution >= 4 is 11.9 Å². The average molecular weight is 348 g/mol. The molecule has 0 radical (unpaired) electrons. The van der Waals surface area contributed by atoms with E-state index in [-0.39, 0.29) is 0 Å². The first-order chi connectivity index (χ1) is 12.1. The first-order valence-electron chi connectivity index (χ1n) is 7.95. The molecule has 0 aliphatic carbocycles. The van der Waals surface area contributed by atoms with Crippen LogP contribution in [0.15, 0.2) is 30.5 Å². The van der Waals surface area contributed by atoms with E-state index in [9.17, 15) is 13.6 Å². The molecule has 0 bridgehead atoms. The standard InChI is InChI=1S/C17H18F2N4O2/c1-25-14-6-7-20-17(21-14)23-9-3-8-22(10-11-23)16(24)15-12(18)4-2-5-13(15)19/h2,4-7H,3,8-11H2,1H3. The van der Waals surface area contributed by atoms with Crippen molar-refractivity contribution in [3.8, 4) is 5.88 Å². The van der Waals surface area contributed by atoms with Gasteiger partial charge in [-0.05, 0) is 18.6 Å². The first-order valence-corrected chi connectivity index (χ1v) is 7.95. The Morgan fingerprint density at radius 1 is 1.12 bits per heavy atom. The first kappa shape index (κ1) is 17.1. The van der Waals surface area contributed by atoms with Crippen molar-refractivity contribution in [3.05, 3.63) is 47.7 Å². The van der Waals surface area contributed by atoms with Gasteiger partial charge in [-0.15, -0.1) is 0 Å². The molecule has 1 saturated heterocycles. The third kappa shape index (κ3) is 3.67. The van der Waals surface area contributed by atoms with E-state index in [1.54, 1.807) is 12.3 Å². The Morgan fingerprint density at radius 3 is 2.60 bits per heavy atom. The Hall–Kier alpha value is -2.77. The number of amides is 1. The lowest BCUT2D eigenvalue weighted by molar-refractivity contribution is 0.0757. The van der Waals surface area contributed by atoms with E-state index in [0.29, 0.717) is 44.4 Å². The molecular formula is C17H18F2N4O2. The van der Waals surface area contributed by atoms with Gasteiger partial charge in [-0.1, -0.05) is 6.07 Å². The molecule has 0 saturated carbocycles. The lowest BCUT2D eigenvalue weighted by Crippen LogP contribution is -2.36. The number of aromatic nitrogens is 2. The quantitative estimate of drug-likeness (QED) is 0.850. The van der Waals surface area contributed by atoms with Crippen LogP contribution in [-0.4, -0.2) is 54.1 Å². The molecule has 0 unspecified atom stereocenters. The van der Waals surface area contributed by atoms with Gasteiger partial charge in [0.05, 0.1) is 7.11 Å². The van der Waals surface area contributed by atoms with Crippen molar-refractivity contribution in [3.63, 3.8) is 0 Å². The summed E-state index contributed by atoms with van der Waals surface area (Å²) in [5, 5.41) is 0. The molecule has 0 spiro atoms. The van der Waals surface area contributed by atoms with E-state index >= 15 is 0 Å². The third-order valence-electron chi connectivity index (χ3n) is 4.07. The molecule has 1 amide bonds. The Bertz CT molecular complexity index is 752. The Balaban J connectivity index is 1.74. The van der Waals surface area contributed by atoms with E-state index in [2.05, 4.69) is 9.97 Å². The molecule has 2 aromatic rings. The normalized spacial score (nSPS) is 15.0. The van der Waals surface area contributed by atoms with E-state index in [0.717, 1.165) is 12.1 Å². The van der Waals surface area contributed by atoms with Gasteiger partial charge in [-0.3, -0.25) is 4.79 Å². The average Bonchev–Trinajstić information content (AvgIpc) is 2.87. The van der Waals surface area contributed by atoms with Gasteiger partial charge < -0.3 is 14.5 Å². The van der Waals surface area contributed by atoms with Crippen LogP contribution in [0, 0.1) is 11.6 Å². The summed E-state index contributed by atoms with van der Waals surface area (Å²) in [5.74, 6) is -1.37. The zero-order valence-electron chi connectivity index (χ0n) is 13.8. The van der Waals surface area contributed by atoms with Gasteiger partial charge in [0.15, 0.2) is 0 Å². The summed E-state index contributed by atoms with van der Waals surface area (Å²) in [4.78, 5) is 24.4. The van der Waals surface area contributed by atoms with Gasteiger partial charge in [0.25, 0.3) is 5.91 Å². The maximum Gasteiger partial charge on any atom is 0.259 e. The summed E-state index contributed by atoms with van der Waals surface area (Å²) in [6, 6.07) is 5.07. The van der Waals surface area contributed by atoms with Gasteiger partial charge >= 0.3 is 0 Å². The van der Waals surface area contributed by atoms with Crippen molar-refractivity contribution in [1.29, 1.82) is 0 Å². The minimum absolute atomic E-state index is 0.327. The SMILES string of the molecule is COc1ccnc(N2CCCN(C(=O)c3c(F)cccc3F)CC2)n1. The number of nitrogens with zero attached hydrogens (tertiary/aromatic N) is 4. The fourth-order valence-corrected chi connectivity index (χ4v) is 2.78. The van der Waals surface area contributed by atoms with Crippen LogP contribution >= 0.6 is 0 Å². The second kappa shape index (κ2) is 7.42. The maximum atomic E-state index is 13.9. The van der Waals surface area contributed by atoms with Crippen LogP contribution in [0.4, 0.5) is 14.7 Å². The summed E-state index contributed by atoms with van der Waals surface area (Å²) >= 11 is 0. The molecule has 25 heavy (non-hydrogen) atoms. The highest BCUT2D eigenvalue weighted by Crippen LogP contribution is 2.18. The van der Waals surface area contributed by atoms with Crippen molar-refractivity contribution in [2.45, 2.75) is 6.42 Å². The highest BCUT2D eigenvalue weighted by Gasteiger charge is 2.25. The Kier molecular flexibility index (Phi) is 5.06. The van der Waals surface area contributed by atoms with Crippen LogP contribution in [0.5, 0.6) is 5.88 Å². The molecule has 0 N–H and O–H groups in total. The largest absolute Gasteiger partial charge is 0.481 e. The molecule has 1 aromatic carbocycles. The number of methoxy groups -OCH3 is 1. The molecule has 2 heterocycles. The van der Waals surface area contributed by atoms with Gasteiger partial charge in [0, 0.05) is 38.4 Å². The van der Waals surface area contributed by atoms with Crippen LogP contribution in [0.1, 0.15) is 16.8 Å². The van der Waals surface area contributed by atoms with Crippen LogP contribution in [0.2, 0.25) is 0 Å². The molecule has 1 aromatic heterocycles. The fraction of sp³-hybridized carbons (Fsp3) is 0.353. The van der Waals surface area contributed by atoms with Crippen LogP contribution in [-0.2, 0) is 0 Å². The predicted molar refractivity (Wildman–Crippen MR) is 87.7 cm³/mol. The minimum atomic E-state index is -0.845. The summed E-state index contributed by atoms with van der Waals surface area (Å²) in [6.45, 7) is 1.84. The molecule has 132 valence electrons. The topological polar surface area (TPSA) is 58.6 Å². The van der Waals surface area contributed by atoms with E-state index in [1.165, 1.54) is 18.1 Å². The molecule has 1 fully saturated rings. The number of ether oxygens (including phenoxy) is 1.